The van der Waals surface area contributed by atoms with E-state index in [0.29, 0.717) is 10.8 Å². The number of aryl methyl sites for hydroxylation is 1. The molecule has 1 saturated heterocycles. The molecule has 1 aliphatic heterocycles. The van der Waals surface area contributed by atoms with Gasteiger partial charge in [-0.2, -0.15) is 4.31 Å². The summed E-state index contributed by atoms with van der Waals surface area (Å²) in [6, 6.07) is 0.215. The Balaban J connectivity index is 2.21. The SMILES string of the molecule is CCCNC(C)C1CCCCN1S(=O)(=O)c1cnc(C)s1. The van der Waals surface area contributed by atoms with Crippen molar-refractivity contribution in [2.45, 2.75) is 62.7 Å². The van der Waals surface area contributed by atoms with Gasteiger partial charge in [-0.1, -0.05) is 13.3 Å². The standard InChI is InChI=1S/C14H25N3O2S2/c1-4-8-15-11(2)13-7-5-6-9-17(13)21(18,19)14-10-16-12(3)20-14/h10-11,13,15H,4-9H2,1-3H3. The van der Waals surface area contributed by atoms with Gasteiger partial charge in [0.15, 0.2) is 4.21 Å². The molecule has 1 aromatic heterocycles. The molecule has 1 fully saturated rings. The minimum absolute atomic E-state index is 0.0395. The molecule has 120 valence electrons. The summed E-state index contributed by atoms with van der Waals surface area (Å²) in [6.07, 6.45) is 5.50. The highest BCUT2D eigenvalue weighted by Crippen LogP contribution is 2.29. The Morgan fingerprint density at radius 1 is 1.52 bits per heavy atom. The monoisotopic (exact) mass is 331 g/mol. The van der Waals surface area contributed by atoms with Crippen LogP contribution in [0.2, 0.25) is 0 Å². The van der Waals surface area contributed by atoms with E-state index < -0.39 is 10.0 Å². The number of aromatic nitrogens is 1. The summed E-state index contributed by atoms with van der Waals surface area (Å²) in [6.45, 7) is 7.58. The first-order valence-corrected chi connectivity index (χ1v) is 9.90. The fourth-order valence-corrected chi connectivity index (χ4v) is 5.82. The number of rotatable bonds is 6. The van der Waals surface area contributed by atoms with Crippen LogP contribution in [-0.2, 0) is 10.0 Å². The van der Waals surface area contributed by atoms with Crippen molar-refractivity contribution in [3.05, 3.63) is 11.2 Å². The molecule has 1 aromatic rings. The maximum absolute atomic E-state index is 12.9. The van der Waals surface area contributed by atoms with Crippen molar-refractivity contribution in [3.63, 3.8) is 0 Å². The molecular weight excluding hydrogens is 306 g/mol. The van der Waals surface area contributed by atoms with Crippen LogP contribution in [0, 0.1) is 6.92 Å². The number of hydrogen-bond acceptors (Lipinski definition) is 5. The second kappa shape index (κ2) is 7.17. The van der Waals surface area contributed by atoms with E-state index in [1.54, 1.807) is 4.31 Å². The molecule has 2 heterocycles. The maximum atomic E-state index is 12.9. The lowest BCUT2D eigenvalue weighted by atomic mass is 9.99. The Morgan fingerprint density at radius 3 is 2.90 bits per heavy atom. The Hall–Kier alpha value is -0.500. The van der Waals surface area contributed by atoms with Crippen LogP contribution >= 0.6 is 11.3 Å². The number of nitrogens with one attached hydrogen (secondary N) is 1. The summed E-state index contributed by atoms with van der Waals surface area (Å²) in [4.78, 5) is 4.09. The zero-order valence-corrected chi connectivity index (χ0v) is 14.6. The third-order valence-electron chi connectivity index (χ3n) is 3.95. The van der Waals surface area contributed by atoms with Crippen LogP contribution in [0.15, 0.2) is 10.4 Å². The molecule has 0 radical (unpaired) electrons. The summed E-state index contributed by atoms with van der Waals surface area (Å²) in [5.41, 5.74) is 0. The third-order valence-corrected chi connectivity index (χ3v) is 7.23. The van der Waals surface area contributed by atoms with E-state index in [1.807, 2.05) is 6.92 Å². The second-order valence-corrected chi connectivity index (χ2v) is 8.97. The molecule has 2 atom stereocenters. The molecule has 7 heteroatoms. The molecule has 1 aliphatic rings. The molecular formula is C14H25N3O2S2. The largest absolute Gasteiger partial charge is 0.313 e. The quantitative estimate of drug-likeness (QED) is 0.869. The van der Waals surface area contributed by atoms with Gasteiger partial charge in [0.2, 0.25) is 0 Å². The lowest BCUT2D eigenvalue weighted by Crippen LogP contribution is -2.53. The average Bonchev–Trinajstić information content (AvgIpc) is 2.92. The van der Waals surface area contributed by atoms with Crippen molar-refractivity contribution in [2.24, 2.45) is 0 Å². The summed E-state index contributed by atoms with van der Waals surface area (Å²) >= 11 is 1.26. The topological polar surface area (TPSA) is 62.3 Å². The van der Waals surface area contributed by atoms with Crippen molar-refractivity contribution < 1.29 is 8.42 Å². The van der Waals surface area contributed by atoms with Crippen LogP contribution in [0.3, 0.4) is 0 Å². The third kappa shape index (κ3) is 3.83. The number of hydrogen-bond donors (Lipinski definition) is 1. The van der Waals surface area contributed by atoms with Crippen molar-refractivity contribution in [2.75, 3.05) is 13.1 Å². The van der Waals surface area contributed by atoms with E-state index in [-0.39, 0.29) is 12.1 Å². The fourth-order valence-electron chi connectivity index (χ4n) is 2.81. The Labute approximate surface area is 131 Å². The number of nitrogens with zero attached hydrogens (tertiary/aromatic N) is 2. The summed E-state index contributed by atoms with van der Waals surface area (Å²) in [5.74, 6) is 0. The van der Waals surface area contributed by atoms with Gasteiger partial charge in [0.25, 0.3) is 10.0 Å². The van der Waals surface area contributed by atoms with Crippen LogP contribution in [0.25, 0.3) is 0 Å². The average molecular weight is 332 g/mol. The van der Waals surface area contributed by atoms with E-state index in [1.165, 1.54) is 17.5 Å². The molecule has 0 aliphatic carbocycles. The van der Waals surface area contributed by atoms with Gasteiger partial charge >= 0.3 is 0 Å². The Kier molecular flexibility index (Phi) is 5.76. The van der Waals surface area contributed by atoms with E-state index in [2.05, 4.69) is 24.1 Å². The van der Waals surface area contributed by atoms with Gasteiger partial charge in [-0.15, -0.1) is 11.3 Å². The molecule has 2 rings (SSSR count). The molecule has 0 bridgehead atoms. The molecule has 0 spiro atoms. The molecule has 0 saturated carbocycles. The van der Waals surface area contributed by atoms with Crippen LogP contribution in [0.5, 0.6) is 0 Å². The van der Waals surface area contributed by atoms with Gasteiger partial charge in [-0.05, 0) is 39.7 Å². The fraction of sp³-hybridized carbons (Fsp3) is 0.786. The molecule has 0 amide bonds. The van der Waals surface area contributed by atoms with Crippen LogP contribution in [0.4, 0.5) is 0 Å². The summed E-state index contributed by atoms with van der Waals surface area (Å²) in [5, 5.41) is 4.23. The van der Waals surface area contributed by atoms with Gasteiger partial charge in [0, 0.05) is 18.6 Å². The number of thiazole rings is 1. The second-order valence-electron chi connectivity index (χ2n) is 5.62. The lowest BCUT2D eigenvalue weighted by Gasteiger charge is -2.38. The predicted molar refractivity (Wildman–Crippen MR) is 86.1 cm³/mol. The van der Waals surface area contributed by atoms with E-state index in [4.69, 9.17) is 0 Å². The van der Waals surface area contributed by atoms with Crippen molar-refractivity contribution in [3.8, 4) is 0 Å². The van der Waals surface area contributed by atoms with Crippen molar-refractivity contribution in [1.82, 2.24) is 14.6 Å². The molecule has 0 aromatic carbocycles. The minimum atomic E-state index is -3.41. The van der Waals surface area contributed by atoms with Crippen LogP contribution in [0.1, 0.15) is 44.5 Å². The highest BCUT2D eigenvalue weighted by molar-refractivity contribution is 7.91. The van der Waals surface area contributed by atoms with Crippen LogP contribution < -0.4 is 5.32 Å². The van der Waals surface area contributed by atoms with Gasteiger partial charge in [0.05, 0.1) is 11.2 Å². The Bertz CT molecular complexity index is 556. The van der Waals surface area contributed by atoms with E-state index >= 15 is 0 Å². The lowest BCUT2D eigenvalue weighted by molar-refractivity contribution is 0.209. The first-order valence-electron chi connectivity index (χ1n) is 7.64. The predicted octanol–water partition coefficient (Wildman–Crippen LogP) is 2.38. The van der Waals surface area contributed by atoms with Crippen molar-refractivity contribution in [1.29, 1.82) is 0 Å². The Morgan fingerprint density at radius 2 is 2.29 bits per heavy atom. The highest BCUT2D eigenvalue weighted by atomic mass is 32.2. The smallest absolute Gasteiger partial charge is 0.254 e. The number of piperidine rings is 1. The number of sulfonamides is 1. The zero-order valence-electron chi connectivity index (χ0n) is 13.0. The van der Waals surface area contributed by atoms with Crippen LogP contribution in [-0.4, -0.2) is 42.9 Å². The molecule has 2 unspecified atom stereocenters. The molecule has 1 N–H and O–H groups in total. The minimum Gasteiger partial charge on any atom is -0.313 e. The van der Waals surface area contributed by atoms with Gasteiger partial charge < -0.3 is 5.32 Å². The normalized spacial score (nSPS) is 22.3. The zero-order chi connectivity index (χ0) is 15.5. The van der Waals surface area contributed by atoms with Crippen molar-refractivity contribution >= 4 is 21.4 Å². The summed E-state index contributed by atoms with van der Waals surface area (Å²) in [7, 11) is -3.41. The first-order chi connectivity index (χ1) is 9.96. The molecule has 5 nitrogen and oxygen atoms in total. The highest BCUT2D eigenvalue weighted by Gasteiger charge is 2.37. The van der Waals surface area contributed by atoms with E-state index in [0.717, 1.165) is 37.2 Å². The van der Waals surface area contributed by atoms with E-state index in [9.17, 15) is 8.42 Å². The maximum Gasteiger partial charge on any atom is 0.254 e. The van der Waals surface area contributed by atoms with Gasteiger partial charge in [-0.25, -0.2) is 13.4 Å². The molecule has 21 heavy (non-hydrogen) atoms. The van der Waals surface area contributed by atoms with Gasteiger partial charge in [0.1, 0.15) is 0 Å². The first kappa shape index (κ1) is 16.9. The van der Waals surface area contributed by atoms with Gasteiger partial charge in [-0.3, -0.25) is 0 Å². The summed E-state index contributed by atoms with van der Waals surface area (Å²) < 4.78 is 27.8.